The molecule has 0 aromatic rings. The van der Waals surface area contributed by atoms with E-state index in [4.69, 9.17) is 22.2 Å². The molecule has 0 amide bonds. The van der Waals surface area contributed by atoms with Crippen LogP contribution in [0.5, 0.6) is 0 Å². The van der Waals surface area contributed by atoms with E-state index < -0.39 is 0 Å². The molecule has 0 bridgehead atoms. The van der Waals surface area contributed by atoms with Crippen molar-refractivity contribution in [1.29, 1.82) is 0 Å². The summed E-state index contributed by atoms with van der Waals surface area (Å²) in [5.41, 5.74) is 2.86. The first-order valence-electron chi connectivity index (χ1n) is 6.00. The number of hydrogen-bond donors (Lipinski definition) is 2. The van der Waals surface area contributed by atoms with Crippen LogP contribution in [0.4, 0.5) is 0 Å². The van der Waals surface area contributed by atoms with Crippen LogP contribution in [0.25, 0.3) is 0 Å². The van der Waals surface area contributed by atoms with Crippen LogP contribution >= 0.6 is 11.6 Å². The summed E-state index contributed by atoms with van der Waals surface area (Å²) in [6, 6.07) is 0.421. The second-order valence-electron chi connectivity index (χ2n) is 4.26. The van der Waals surface area contributed by atoms with Crippen molar-refractivity contribution in [2.45, 2.75) is 57.1 Å². The highest BCUT2D eigenvalue weighted by Crippen LogP contribution is 2.18. The molecule has 1 aliphatic heterocycles. The molecule has 1 rings (SSSR count). The van der Waals surface area contributed by atoms with Gasteiger partial charge in [0.1, 0.15) is 0 Å². The first-order chi connectivity index (χ1) is 7.36. The number of ether oxygens (including phenoxy) is 1. The Morgan fingerprint density at radius 2 is 2.20 bits per heavy atom. The summed E-state index contributed by atoms with van der Waals surface area (Å²) in [5.74, 6) is 6.21. The third-order valence-electron chi connectivity index (χ3n) is 3.02. The van der Waals surface area contributed by atoms with Crippen molar-refractivity contribution in [2.75, 3.05) is 12.5 Å². The highest BCUT2D eigenvalue weighted by molar-refractivity contribution is 6.17. The highest BCUT2D eigenvalue weighted by Gasteiger charge is 2.15. The molecule has 2 atom stereocenters. The lowest BCUT2D eigenvalue weighted by molar-refractivity contribution is 0.101. The zero-order valence-corrected chi connectivity index (χ0v) is 10.1. The van der Waals surface area contributed by atoms with Crippen molar-refractivity contribution >= 4 is 11.6 Å². The average Bonchev–Trinajstić information content (AvgIpc) is 2.76. The molecule has 1 fully saturated rings. The SMILES string of the molecule is NNC(CCCCl)CCCC1CCCO1. The Labute approximate surface area is 97.7 Å². The Hall–Kier alpha value is 0.170. The minimum absolute atomic E-state index is 0.421. The molecule has 0 radical (unpaired) electrons. The molecule has 0 aromatic heterocycles. The predicted octanol–water partition coefficient (Wildman–Crippen LogP) is 2.19. The molecule has 4 heteroatoms. The lowest BCUT2D eigenvalue weighted by Gasteiger charge is -2.16. The normalized spacial score (nSPS) is 23.2. The summed E-state index contributed by atoms with van der Waals surface area (Å²) >= 11 is 5.65. The van der Waals surface area contributed by atoms with Crippen LogP contribution in [-0.4, -0.2) is 24.6 Å². The predicted molar refractivity (Wildman–Crippen MR) is 63.9 cm³/mol. The Balaban J connectivity index is 2.00. The molecule has 90 valence electrons. The van der Waals surface area contributed by atoms with Crippen molar-refractivity contribution in [3.8, 4) is 0 Å². The molecule has 2 unspecified atom stereocenters. The van der Waals surface area contributed by atoms with Crippen molar-refractivity contribution in [1.82, 2.24) is 5.43 Å². The van der Waals surface area contributed by atoms with Crippen molar-refractivity contribution in [3.05, 3.63) is 0 Å². The second-order valence-corrected chi connectivity index (χ2v) is 4.64. The Bertz CT molecular complexity index is 152. The maximum atomic E-state index is 5.65. The Morgan fingerprint density at radius 3 is 2.80 bits per heavy atom. The summed E-state index contributed by atoms with van der Waals surface area (Å²) < 4.78 is 5.58. The zero-order valence-electron chi connectivity index (χ0n) is 9.38. The monoisotopic (exact) mass is 234 g/mol. The first-order valence-corrected chi connectivity index (χ1v) is 6.54. The first kappa shape index (κ1) is 13.2. The molecule has 0 spiro atoms. The van der Waals surface area contributed by atoms with Gasteiger partial charge in [-0.1, -0.05) is 0 Å². The van der Waals surface area contributed by atoms with Gasteiger partial charge in [0.2, 0.25) is 0 Å². The fourth-order valence-electron chi connectivity index (χ4n) is 2.10. The average molecular weight is 235 g/mol. The molecule has 15 heavy (non-hydrogen) atoms. The Kier molecular flexibility index (Phi) is 7.36. The fourth-order valence-corrected chi connectivity index (χ4v) is 2.25. The van der Waals surface area contributed by atoms with Crippen LogP contribution in [0.2, 0.25) is 0 Å². The summed E-state index contributed by atoms with van der Waals surface area (Å²) in [7, 11) is 0. The molecule has 1 saturated heterocycles. The summed E-state index contributed by atoms with van der Waals surface area (Å²) in [4.78, 5) is 0. The van der Waals surface area contributed by atoms with Crippen LogP contribution in [0, 0.1) is 0 Å². The number of nitrogens with one attached hydrogen (secondary N) is 1. The van der Waals surface area contributed by atoms with E-state index in [-0.39, 0.29) is 0 Å². The van der Waals surface area contributed by atoms with Gasteiger partial charge >= 0.3 is 0 Å². The topological polar surface area (TPSA) is 47.3 Å². The molecule has 1 heterocycles. The van der Waals surface area contributed by atoms with Gasteiger partial charge in [0.25, 0.3) is 0 Å². The third kappa shape index (κ3) is 5.71. The summed E-state index contributed by atoms with van der Waals surface area (Å²) in [6.07, 6.45) is 8.60. The van der Waals surface area contributed by atoms with Crippen LogP contribution in [0.15, 0.2) is 0 Å². The van der Waals surface area contributed by atoms with Gasteiger partial charge in [-0.25, -0.2) is 0 Å². The number of hydrogen-bond acceptors (Lipinski definition) is 3. The Morgan fingerprint density at radius 1 is 1.40 bits per heavy atom. The van der Waals surface area contributed by atoms with E-state index in [0.717, 1.165) is 31.7 Å². The minimum atomic E-state index is 0.421. The fraction of sp³-hybridized carbons (Fsp3) is 1.00. The quantitative estimate of drug-likeness (QED) is 0.385. The summed E-state index contributed by atoms with van der Waals surface area (Å²) in [5, 5.41) is 0. The smallest absolute Gasteiger partial charge is 0.0576 e. The van der Waals surface area contributed by atoms with E-state index in [1.165, 1.54) is 25.7 Å². The molecular weight excluding hydrogens is 212 g/mol. The van der Waals surface area contributed by atoms with E-state index in [0.29, 0.717) is 12.1 Å². The standard InChI is InChI=1S/C11H23ClN2O/c12-8-2-5-10(14-13)4-1-6-11-7-3-9-15-11/h10-11,14H,1-9,13H2. The van der Waals surface area contributed by atoms with Crippen molar-refractivity contribution in [3.63, 3.8) is 0 Å². The molecule has 0 saturated carbocycles. The number of alkyl halides is 1. The molecule has 0 aliphatic carbocycles. The van der Waals surface area contributed by atoms with E-state index in [1.54, 1.807) is 0 Å². The highest BCUT2D eigenvalue weighted by atomic mass is 35.5. The lowest BCUT2D eigenvalue weighted by Crippen LogP contribution is -2.35. The maximum absolute atomic E-state index is 5.65. The minimum Gasteiger partial charge on any atom is -0.378 e. The number of rotatable bonds is 8. The summed E-state index contributed by atoms with van der Waals surface area (Å²) in [6.45, 7) is 0.954. The van der Waals surface area contributed by atoms with Crippen LogP contribution in [0.3, 0.4) is 0 Å². The largest absolute Gasteiger partial charge is 0.378 e. The lowest BCUT2D eigenvalue weighted by atomic mass is 10.0. The molecular formula is C11H23ClN2O. The van der Waals surface area contributed by atoms with E-state index in [2.05, 4.69) is 5.43 Å². The van der Waals surface area contributed by atoms with Crippen LogP contribution in [-0.2, 0) is 4.74 Å². The van der Waals surface area contributed by atoms with Crippen LogP contribution < -0.4 is 11.3 Å². The second kappa shape index (κ2) is 8.34. The van der Waals surface area contributed by atoms with Gasteiger partial charge in [0.15, 0.2) is 0 Å². The van der Waals surface area contributed by atoms with Crippen molar-refractivity contribution in [2.24, 2.45) is 5.84 Å². The van der Waals surface area contributed by atoms with Crippen molar-refractivity contribution < 1.29 is 4.74 Å². The molecule has 3 nitrogen and oxygen atoms in total. The van der Waals surface area contributed by atoms with E-state index in [9.17, 15) is 0 Å². The zero-order chi connectivity index (χ0) is 10.9. The van der Waals surface area contributed by atoms with Gasteiger partial charge in [-0.15, -0.1) is 11.6 Å². The van der Waals surface area contributed by atoms with E-state index >= 15 is 0 Å². The number of nitrogens with two attached hydrogens (primary N) is 1. The third-order valence-corrected chi connectivity index (χ3v) is 3.29. The number of hydrazine groups is 1. The van der Waals surface area contributed by atoms with Crippen LogP contribution in [0.1, 0.15) is 44.9 Å². The molecule has 1 aliphatic rings. The van der Waals surface area contributed by atoms with Gasteiger partial charge in [0.05, 0.1) is 6.10 Å². The van der Waals surface area contributed by atoms with Gasteiger partial charge in [-0.3, -0.25) is 11.3 Å². The van der Waals surface area contributed by atoms with Gasteiger partial charge in [-0.2, -0.15) is 0 Å². The van der Waals surface area contributed by atoms with Gasteiger partial charge < -0.3 is 4.74 Å². The van der Waals surface area contributed by atoms with Gasteiger partial charge in [0, 0.05) is 18.5 Å². The molecule has 0 aromatic carbocycles. The van der Waals surface area contributed by atoms with Gasteiger partial charge in [-0.05, 0) is 44.9 Å². The van der Waals surface area contributed by atoms with E-state index in [1.807, 2.05) is 0 Å². The number of halogens is 1. The maximum Gasteiger partial charge on any atom is 0.0576 e. The molecule has 3 N–H and O–H groups in total.